The standard InChI is InChI=1S/C11H11F2N3O5/c12-1-4-7(13)6(3-17)21-9(4)16-2-5(10(18)19)8(14)15-11(16)20/h1-2,6-7,9,17H,3H2,(H,18,19)(H2,14,15,20). The molecule has 4 N–H and O–H groups in total. The van der Waals surface area contributed by atoms with E-state index in [0.717, 1.165) is 6.20 Å². The first-order valence-corrected chi connectivity index (χ1v) is 5.73. The average molecular weight is 303 g/mol. The van der Waals surface area contributed by atoms with E-state index in [-0.39, 0.29) is 6.33 Å². The van der Waals surface area contributed by atoms with Crippen molar-refractivity contribution in [3.63, 3.8) is 0 Å². The summed E-state index contributed by atoms with van der Waals surface area (Å²) in [7, 11) is 0. The van der Waals surface area contributed by atoms with E-state index in [1.54, 1.807) is 0 Å². The summed E-state index contributed by atoms with van der Waals surface area (Å²) in [4.78, 5) is 26.0. The Labute approximate surface area is 116 Å². The molecular weight excluding hydrogens is 292 g/mol. The highest BCUT2D eigenvalue weighted by atomic mass is 19.1. The molecule has 0 aromatic carbocycles. The number of anilines is 1. The number of nitrogens with two attached hydrogens (primary N) is 1. The number of aliphatic hydroxyl groups is 1. The largest absolute Gasteiger partial charge is 0.478 e. The number of carbonyl (C=O) groups is 1. The zero-order chi connectivity index (χ0) is 15.7. The van der Waals surface area contributed by atoms with Gasteiger partial charge >= 0.3 is 11.7 Å². The summed E-state index contributed by atoms with van der Waals surface area (Å²) in [6.45, 7) is -0.738. The van der Waals surface area contributed by atoms with Crippen molar-refractivity contribution in [2.24, 2.45) is 0 Å². The van der Waals surface area contributed by atoms with Gasteiger partial charge in [0.05, 0.1) is 12.9 Å². The number of carboxylic acid groups (broad SMARTS) is 1. The lowest BCUT2D eigenvalue weighted by Gasteiger charge is -2.15. The molecule has 1 aromatic rings. The number of aromatic nitrogens is 2. The number of rotatable bonds is 3. The van der Waals surface area contributed by atoms with E-state index in [1.807, 2.05) is 0 Å². The van der Waals surface area contributed by atoms with E-state index in [1.165, 1.54) is 0 Å². The van der Waals surface area contributed by atoms with E-state index in [0.29, 0.717) is 4.57 Å². The van der Waals surface area contributed by atoms with Crippen molar-refractivity contribution in [3.05, 3.63) is 34.1 Å². The second-order valence-electron chi connectivity index (χ2n) is 4.26. The van der Waals surface area contributed by atoms with Crippen molar-refractivity contribution < 1.29 is 28.5 Å². The lowest BCUT2D eigenvalue weighted by molar-refractivity contribution is -0.0322. The monoisotopic (exact) mass is 303 g/mol. The van der Waals surface area contributed by atoms with Gasteiger partial charge in [-0.05, 0) is 0 Å². The van der Waals surface area contributed by atoms with Crippen LogP contribution in [0.5, 0.6) is 0 Å². The van der Waals surface area contributed by atoms with Crippen LogP contribution in [0.4, 0.5) is 14.6 Å². The summed E-state index contributed by atoms with van der Waals surface area (Å²) in [6, 6.07) is 0. The maximum absolute atomic E-state index is 13.8. The van der Waals surface area contributed by atoms with E-state index >= 15 is 0 Å². The van der Waals surface area contributed by atoms with E-state index in [9.17, 15) is 18.4 Å². The van der Waals surface area contributed by atoms with Gasteiger partial charge in [-0.1, -0.05) is 0 Å². The third-order valence-electron chi connectivity index (χ3n) is 3.00. The van der Waals surface area contributed by atoms with Crippen LogP contribution in [0, 0.1) is 0 Å². The molecule has 3 unspecified atom stereocenters. The number of aromatic carboxylic acids is 1. The fraction of sp³-hybridized carbons (Fsp3) is 0.364. The molecule has 0 aliphatic carbocycles. The SMILES string of the molecule is Nc1nc(=O)n(C2OC(CO)C(F)C2=CF)cc1C(=O)O. The van der Waals surface area contributed by atoms with Crippen molar-refractivity contribution in [2.75, 3.05) is 12.3 Å². The third-order valence-corrected chi connectivity index (χ3v) is 3.00. The molecule has 1 aliphatic heterocycles. The molecule has 0 bridgehead atoms. The van der Waals surface area contributed by atoms with Crippen molar-refractivity contribution in [3.8, 4) is 0 Å². The predicted octanol–water partition coefficient (Wildman–Crippen LogP) is -0.395. The first kappa shape index (κ1) is 15.1. The number of ether oxygens (including phenoxy) is 1. The zero-order valence-electron chi connectivity index (χ0n) is 10.4. The van der Waals surface area contributed by atoms with Gasteiger partial charge in [-0.15, -0.1) is 0 Å². The van der Waals surface area contributed by atoms with Gasteiger partial charge < -0.3 is 20.7 Å². The molecule has 2 heterocycles. The number of carboxylic acids is 1. The minimum atomic E-state index is -1.97. The predicted molar refractivity (Wildman–Crippen MR) is 65.0 cm³/mol. The van der Waals surface area contributed by atoms with Gasteiger partial charge in [0.15, 0.2) is 12.4 Å². The van der Waals surface area contributed by atoms with Gasteiger partial charge in [-0.25, -0.2) is 18.4 Å². The summed E-state index contributed by atoms with van der Waals surface area (Å²) < 4.78 is 32.2. The molecule has 0 amide bonds. The van der Waals surface area contributed by atoms with Gasteiger partial charge in [0, 0.05) is 11.8 Å². The fourth-order valence-corrected chi connectivity index (χ4v) is 1.95. The molecule has 0 saturated carbocycles. The summed E-state index contributed by atoms with van der Waals surface area (Å²) >= 11 is 0. The van der Waals surface area contributed by atoms with Gasteiger partial charge in [0.1, 0.15) is 17.5 Å². The number of halogens is 2. The van der Waals surface area contributed by atoms with Gasteiger partial charge in [-0.3, -0.25) is 4.57 Å². The van der Waals surface area contributed by atoms with Crippen LogP contribution in [0.1, 0.15) is 16.6 Å². The van der Waals surface area contributed by atoms with Crippen LogP contribution in [0.3, 0.4) is 0 Å². The number of nitrogen functional groups attached to an aromatic ring is 1. The maximum Gasteiger partial charge on any atom is 0.351 e. The lowest BCUT2D eigenvalue weighted by atomic mass is 10.1. The van der Waals surface area contributed by atoms with Crippen LogP contribution in [-0.4, -0.2) is 44.6 Å². The molecule has 114 valence electrons. The Morgan fingerprint density at radius 1 is 1.62 bits per heavy atom. The molecule has 0 spiro atoms. The Kier molecular flexibility index (Phi) is 4.00. The molecule has 10 heteroatoms. The van der Waals surface area contributed by atoms with Crippen LogP contribution in [0.2, 0.25) is 0 Å². The first-order valence-electron chi connectivity index (χ1n) is 5.73. The Bertz CT molecular complexity index is 660. The topological polar surface area (TPSA) is 128 Å². The van der Waals surface area contributed by atoms with Crippen molar-refractivity contribution in [1.29, 1.82) is 0 Å². The van der Waals surface area contributed by atoms with E-state index in [4.69, 9.17) is 20.7 Å². The molecule has 3 atom stereocenters. The third kappa shape index (κ3) is 2.50. The highest BCUT2D eigenvalue weighted by Gasteiger charge is 2.42. The van der Waals surface area contributed by atoms with E-state index < -0.39 is 53.7 Å². The average Bonchev–Trinajstić information content (AvgIpc) is 2.74. The molecule has 21 heavy (non-hydrogen) atoms. The second-order valence-corrected chi connectivity index (χ2v) is 4.26. The number of aliphatic hydroxyl groups excluding tert-OH is 1. The Morgan fingerprint density at radius 3 is 2.81 bits per heavy atom. The Morgan fingerprint density at radius 2 is 2.29 bits per heavy atom. The smallest absolute Gasteiger partial charge is 0.351 e. The molecule has 1 fully saturated rings. The zero-order valence-corrected chi connectivity index (χ0v) is 10.4. The summed E-state index contributed by atoms with van der Waals surface area (Å²) in [5.41, 5.74) is 3.18. The number of hydrogen-bond donors (Lipinski definition) is 3. The van der Waals surface area contributed by atoms with Gasteiger partial charge in [0.25, 0.3) is 0 Å². The number of nitrogens with zero attached hydrogens (tertiary/aromatic N) is 2. The minimum Gasteiger partial charge on any atom is -0.478 e. The highest BCUT2D eigenvalue weighted by Crippen LogP contribution is 2.35. The van der Waals surface area contributed by atoms with Crippen LogP contribution in [-0.2, 0) is 4.74 Å². The van der Waals surface area contributed by atoms with Crippen molar-refractivity contribution >= 4 is 11.8 Å². The van der Waals surface area contributed by atoms with E-state index in [2.05, 4.69) is 4.98 Å². The van der Waals surface area contributed by atoms with Crippen LogP contribution < -0.4 is 11.4 Å². The molecule has 1 aromatic heterocycles. The summed E-state index contributed by atoms with van der Waals surface area (Å²) in [5.74, 6) is -1.99. The van der Waals surface area contributed by atoms with Crippen molar-refractivity contribution in [2.45, 2.75) is 18.5 Å². The minimum absolute atomic E-state index is 0.0891. The fourth-order valence-electron chi connectivity index (χ4n) is 1.95. The molecule has 0 radical (unpaired) electrons. The van der Waals surface area contributed by atoms with Gasteiger partial charge in [0.2, 0.25) is 0 Å². The Hall–Kier alpha value is -2.33. The normalized spacial score (nSPS) is 27.2. The van der Waals surface area contributed by atoms with Crippen molar-refractivity contribution in [1.82, 2.24) is 9.55 Å². The molecule has 1 saturated heterocycles. The summed E-state index contributed by atoms with van der Waals surface area (Å²) in [6.07, 6.45) is -4.18. The lowest BCUT2D eigenvalue weighted by Crippen LogP contribution is -2.30. The van der Waals surface area contributed by atoms with Crippen LogP contribution >= 0.6 is 0 Å². The second kappa shape index (κ2) is 5.58. The maximum atomic E-state index is 13.8. The quantitative estimate of drug-likeness (QED) is 0.693. The molecule has 2 rings (SSSR count). The Balaban J connectivity index is 2.54. The first-order chi connectivity index (χ1) is 9.90. The van der Waals surface area contributed by atoms with Gasteiger partial charge in [-0.2, -0.15) is 4.98 Å². The van der Waals surface area contributed by atoms with Crippen LogP contribution in [0.25, 0.3) is 0 Å². The highest BCUT2D eigenvalue weighted by molar-refractivity contribution is 5.92. The van der Waals surface area contributed by atoms with Crippen LogP contribution in [0.15, 0.2) is 22.9 Å². The number of hydrogen-bond acceptors (Lipinski definition) is 6. The molecule has 8 nitrogen and oxygen atoms in total. The molecule has 1 aliphatic rings. The molecular formula is C11H11F2N3O5. The number of alkyl halides is 1. The summed E-state index contributed by atoms with van der Waals surface area (Å²) in [5, 5.41) is 17.9.